The number of nitrogens with zero attached hydrogens (tertiary/aromatic N) is 1. The van der Waals surface area contributed by atoms with Crippen molar-refractivity contribution >= 4 is 17.7 Å². The van der Waals surface area contributed by atoms with Crippen molar-refractivity contribution in [1.82, 2.24) is 5.32 Å². The Kier molecular flexibility index (Phi) is 5.29. The first-order valence-corrected chi connectivity index (χ1v) is 5.95. The van der Waals surface area contributed by atoms with Gasteiger partial charge in [-0.2, -0.15) is 0 Å². The van der Waals surface area contributed by atoms with E-state index in [9.17, 15) is 14.0 Å². The number of anilines is 1. The molecule has 0 saturated carbocycles. The predicted molar refractivity (Wildman–Crippen MR) is 69.6 cm³/mol. The third kappa shape index (κ3) is 4.24. The summed E-state index contributed by atoms with van der Waals surface area (Å²) in [5.74, 6) is -1.92. The highest BCUT2D eigenvalue weighted by Crippen LogP contribution is 2.13. The molecule has 1 rings (SSSR count). The number of carboxylic acids is 1. The predicted octanol–water partition coefficient (Wildman–Crippen LogP) is 2.08. The normalized spacial score (nSPS) is 11.7. The number of aliphatic carboxylic acids is 1. The molecule has 0 aliphatic carbocycles. The number of benzene rings is 1. The largest absolute Gasteiger partial charge is 0.481 e. The van der Waals surface area contributed by atoms with Crippen molar-refractivity contribution in [2.24, 2.45) is 5.92 Å². The van der Waals surface area contributed by atoms with Crippen LogP contribution in [-0.2, 0) is 4.79 Å². The van der Waals surface area contributed by atoms with E-state index >= 15 is 0 Å². The summed E-state index contributed by atoms with van der Waals surface area (Å²) in [6.07, 6.45) is 0.440. The Morgan fingerprint density at radius 3 is 2.42 bits per heavy atom. The molecule has 1 aromatic carbocycles. The number of urea groups is 1. The van der Waals surface area contributed by atoms with E-state index in [2.05, 4.69) is 5.32 Å². The molecule has 1 unspecified atom stereocenters. The topological polar surface area (TPSA) is 69.6 Å². The van der Waals surface area contributed by atoms with Crippen molar-refractivity contribution in [3.63, 3.8) is 0 Å². The number of carboxylic acid groups (broad SMARTS) is 1. The van der Waals surface area contributed by atoms with E-state index < -0.39 is 17.9 Å². The first-order valence-electron chi connectivity index (χ1n) is 5.95. The molecular weight excluding hydrogens is 251 g/mol. The van der Waals surface area contributed by atoms with E-state index in [-0.39, 0.29) is 12.4 Å². The Morgan fingerprint density at radius 2 is 1.95 bits per heavy atom. The first kappa shape index (κ1) is 14.9. The van der Waals surface area contributed by atoms with Crippen LogP contribution in [0.25, 0.3) is 0 Å². The molecule has 19 heavy (non-hydrogen) atoms. The molecule has 0 aliphatic heterocycles. The van der Waals surface area contributed by atoms with E-state index in [4.69, 9.17) is 5.11 Å². The third-order valence-corrected chi connectivity index (χ3v) is 2.86. The van der Waals surface area contributed by atoms with Crippen LogP contribution in [0.4, 0.5) is 14.9 Å². The van der Waals surface area contributed by atoms with Crippen molar-refractivity contribution < 1.29 is 19.1 Å². The second kappa shape index (κ2) is 6.72. The lowest BCUT2D eigenvalue weighted by Crippen LogP contribution is -2.41. The number of carbonyl (C=O) groups is 2. The summed E-state index contributed by atoms with van der Waals surface area (Å²) in [6.45, 7) is 1.81. The number of halogens is 1. The van der Waals surface area contributed by atoms with Crippen LogP contribution in [-0.4, -0.2) is 30.7 Å². The zero-order chi connectivity index (χ0) is 14.4. The Bertz CT molecular complexity index is 448. The van der Waals surface area contributed by atoms with Gasteiger partial charge in [-0.15, -0.1) is 0 Å². The fourth-order valence-electron chi connectivity index (χ4n) is 1.52. The minimum Gasteiger partial charge on any atom is -0.481 e. The lowest BCUT2D eigenvalue weighted by atomic mass is 10.1. The number of amides is 2. The van der Waals surface area contributed by atoms with Gasteiger partial charge in [-0.1, -0.05) is 6.92 Å². The van der Waals surface area contributed by atoms with Crippen molar-refractivity contribution in [3.8, 4) is 0 Å². The van der Waals surface area contributed by atoms with Crippen LogP contribution in [0.5, 0.6) is 0 Å². The quantitative estimate of drug-likeness (QED) is 0.859. The van der Waals surface area contributed by atoms with Gasteiger partial charge in [-0.3, -0.25) is 9.69 Å². The minimum atomic E-state index is -0.938. The molecule has 104 valence electrons. The number of rotatable bonds is 5. The summed E-state index contributed by atoms with van der Waals surface area (Å²) >= 11 is 0. The fourth-order valence-corrected chi connectivity index (χ4v) is 1.52. The Balaban J connectivity index is 2.58. The van der Waals surface area contributed by atoms with Gasteiger partial charge in [0.1, 0.15) is 5.82 Å². The van der Waals surface area contributed by atoms with Crippen LogP contribution >= 0.6 is 0 Å². The van der Waals surface area contributed by atoms with Gasteiger partial charge in [-0.25, -0.2) is 9.18 Å². The van der Waals surface area contributed by atoms with Gasteiger partial charge < -0.3 is 10.4 Å². The van der Waals surface area contributed by atoms with Crippen molar-refractivity contribution in [1.29, 1.82) is 0 Å². The molecule has 0 radical (unpaired) electrons. The van der Waals surface area contributed by atoms with Crippen molar-refractivity contribution in [2.75, 3.05) is 18.5 Å². The maximum atomic E-state index is 12.8. The Morgan fingerprint density at radius 1 is 1.37 bits per heavy atom. The molecule has 2 N–H and O–H groups in total. The molecule has 0 fully saturated rings. The zero-order valence-corrected chi connectivity index (χ0v) is 10.9. The summed E-state index contributed by atoms with van der Waals surface area (Å²) in [5, 5.41) is 11.4. The fraction of sp³-hybridized carbons (Fsp3) is 0.385. The van der Waals surface area contributed by atoms with Crippen molar-refractivity contribution in [3.05, 3.63) is 30.1 Å². The summed E-state index contributed by atoms with van der Waals surface area (Å²) in [6, 6.07) is 5.04. The lowest BCUT2D eigenvalue weighted by Gasteiger charge is -2.19. The molecule has 1 aromatic rings. The van der Waals surface area contributed by atoms with Gasteiger partial charge >= 0.3 is 12.0 Å². The van der Waals surface area contributed by atoms with E-state index in [1.165, 1.54) is 36.2 Å². The second-order valence-electron chi connectivity index (χ2n) is 4.16. The average Bonchev–Trinajstić information content (AvgIpc) is 2.38. The molecule has 0 aromatic heterocycles. The van der Waals surface area contributed by atoms with Gasteiger partial charge in [-0.05, 0) is 30.7 Å². The smallest absolute Gasteiger partial charge is 0.321 e. The van der Waals surface area contributed by atoms with E-state index in [1.807, 2.05) is 0 Å². The zero-order valence-electron chi connectivity index (χ0n) is 10.9. The minimum absolute atomic E-state index is 0.0657. The summed E-state index contributed by atoms with van der Waals surface area (Å²) in [7, 11) is 1.53. The van der Waals surface area contributed by atoms with Crippen LogP contribution in [0.15, 0.2) is 24.3 Å². The highest BCUT2D eigenvalue weighted by atomic mass is 19.1. The van der Waals surface area contributed by atoms with Gasteiger partial charge in [0.15, 0.2) is 0 Å². The summed E-state index contributed by atoms with van der Waals surface area (Å²) in [4.78, 5) is 23.9. The van der Waals surface area contributed by atoms with Crippen molar-refractivity contribution in [2.45, 2.75) is 13.3 Å². The summed E-state index contributed by atoms with van der Waals surface area (Å²) in [5.41, 5.74) is 0.530. The maximum Gasteiger partial charge on any atom is 0.321 e. The second-order valence-corrected chi connectivity index (χ2v) is 4.16. The first-order chi connectivity index (χ1) is 8.95. The van der Waals surface area contributed by atoms with Crippen LogP contribution in [0.3, 0.4) is 0 Å². The number of nitrogens with one attached hydrogen (secondary N) is 1. The highest BCUT2D eigenvalue weighted by molar-refractivity contribution is 5.91. The average molecular weight is 268 g/mol. The molecule has 5 nitrogen and oxygen atoms in total. The van der Waals surface area contributed by atoms with E-state index in [0.717, 1.165) is 0 Å². The lowest BCUT2D eigenvalue weighted by molar-refractivity contribution is -0.141. The molecule has 0 saturated heterocycles. The molecule has 0 bridgehead atoms. The van der Waals surface area contributed by atoms with Crippen LogP contribution in [0.2, 0.25) is 0 Å². The molecule has 6 heteroatoms. The number of hydrogen-bond donors (Lipinski definition) is 2. The van der Waals surface area contributed by atoms with Gasteiger partial charge in [0, 0.05) is 19.3 Å². The standard InChI is InChI=1S/C13H17FN2O3/c1-3-9(12(17)18)8-15-13(19)16(2)11-6-4-10(14)5-7-11/h4-7,9H,3,8H2,1-2H3,(H,15,19)(H,17,18). The van der Waals surface area contributed by atoms with Gasteiger partial charge in [0.05, 0.1) is 5.92 Å². The van der Waals surface area contributed by atoms with E-state index in [1.54, 1.807) is 6.92 Å². The maximum absolute atomic E-state index is 12.8. The van der Waals surface area contributed by atoms with Crippen LogP contribution in [0, 0.1) is 11.7 Å². The summed E-state index contributed by atoms with van der Waals surface area (Å²) < 4.78 is 12.8. The van der Waals surface area contributed by atoms with Crippen LogP contribution < -0.4 is 10.2 Å². The molecule has 1 atom stereocenters. The molecular formula is C13H17FN2O3. The van der Waals surface area contributed by atoms with Crippen LogP contribution in [0.1, 0.15) is 13.3 Å². The van der Waals surface area contributed by atoms with Gasteiger partial charge in [0.2, 0.25) is 0 Å². The Hall–Kier alpha value is -2.11. The highest BCUT2D eigenvalue weighted by Gasteiger charge is 2.17. The Labute approximate surface area is 111 Å². The number of carbonyl (C=O) groups excluding carboxylic acids is 1. The molecule has 0 heterocycles. The third-order valence-electron chi connectivity index (χ3n) is 2.86. The molecule has 0 spiro atoms. The van der Waals surface area contributed by atoms with E-state index in [0.29, 0.717) is 12.1 Å². The molecule has 2 amide bonds. The number of hydrogen-bond acceptors (Lipinski definition) is 2. The van der Waals surface area contributed by atoms with Gasteiger partial charge in [0.25, 0.3) is 0 Å². The SMILES string of the molecule is CCC(CNC(=O)N(C)c1ccc(F)cc1)C(=O)O. The molecule has 0 aliphatic rings. The monoisotopic (exact) mass is 268 g/mol.